The van der Waals surface area contributed by atoms with Gasteiger partial charge in [0.1, 0.15) is 6.54 Å². The molecule has 92 valence electrons. The van der Waals surface area contributed by atoms with Crippen LogP contribution in [-0.4, -0.2) is 36.0 Å². The summed E-state index contributed by atoms with van der Waals surface area (Å²) in [5.74, 6) is 0.215. The highest BCUT2D eigenvalue weighted by Gasteiger charge is 2.27. The van der Waals surface area contributed by atoms with Gasteiger partial charge >= 0.3 is 6.18 Å². The number of imidazole rings is 1. The molecular weight excluding hydrogens is 223 g/mol. The van der Waals surface area contributed by atoms with Crippen LogP contribution in [0.15, 0.2) is 6.20 Å². The Labute approximate surface area is 91.4 Å². The second-order valence-electron chi connectivity index (χ2n) is 3.36. The molecule has 0 bridgehead atoms. The van der Waals surface area contributed by atoms with Crippen LogP contribution >= 0.6 is 0 Å². The highest BCUT2D eigenvalue weighted by molar-refractivity contribution is 5.28. The van der Waals surface area contributed by atoms with Crippen molar-refractivity contribution in [2.75, 3.05) is 25.6 Å². The lowest BCUT2D eigenvalue weighted by molar-refractivity contribution is -0.115. The van der Waals surface area contributed by atoms with Crippen molar-refractivity contribution in [3.8, 4) is 0 Å². The van der Waals surface area contributed by atoms with Crippen LogP contribution in [0.1, 0.15) is 5.69 Å². The molecule has 0 aliphatic heterocycles. The molecule has 0 aliphatic carbocycles. The van der Waals surface area contributed by atoms with Crippen molar-refractivity contribution < 1.29 is 17.9 Å². The first-order valence-electron chi connectivity index (χ1n) is 4.75. The molecule has 0 fully saturated rings. The fourth-order valence-corrected chi connectivity index (χ4v) is 1.23. The van der Waals surface area contributed by atoms with Gasteiger partial charge in [0.25, 0.3) is 0 Å². The van der Waals surface area contributed by atoms with E-state index >= 15 is 0 Å². The Hall–Kier alpha value is -1.24. The minimum atomic E-state index is -4.24. The number of aryl methyl sites for hydroxylation is 1. The van der Waals surface area contributed by atoms with Crippen LogP contribution in [0.25, 0.3) is 0 Å². The lowest BCUT2D eigenvalue weighted by Crippen LogP contribution is -2.23. The molecule has 0 spiro atoms. The summed E-state index contributed by atoms with van der Waals surface area (Å²) < 4.78 is 42.5. The van der Waals surface area contributed by atoms with Gasteiger partial charge in [-0.25, -0.2) is 4.98 Å². The Bertz CT molecular complexity index is 335. The van der Waals surface area contributed by atoms with E-state index in [-0.39, 0.29) is 5.95 Å². The Balaban J connectivity index is 2.63. The van der Waals surface area contributed by atoms with E-state index in [1.807, 2.05) is 0 Å². The Morgan fingerprint density at radius 2 is 2.19 bits per heavy atom. The molecule has 0 aromatic carbocycles. The molecule has 0 amide bonds. The number of ether oxygens (including phenoxy) is 1. The third kappa shape index (κ3) is 4.09. The van der Waals surface area contributed by atoms with Crippen LogP contribution < -0.4 is 5.32 Å². The fraction of sp³-hybridized carbons (Fsp3) is 0.667. The summed E-state index contributed by atoms with van der Waals surface area (Å²) >= 11 is 0. The number of rotatable bonds is 5. The molecule has 16 heavy (non-hydrogen) atoms. The Morgan fingerprint density at radius 1 is 1.50 bits per heavy atom. The SMILES string of the molecule is COCCn1cc(C)nc1NCC(F)(F)F. The first kappa shape index (κ1) is 12.8. The van der Waals surface area contributed by atoms with Crippen LogP contribution in [0.5, 0.6) is 0 Å². The molecule has 1 aromatic heterocycles. The zero-order valence-electron chi connectivity index (χ0n) is 9.14. The average molecular weight is 237 g/mol. The van der Waals surface area contributed by atoms with Crippen molar-refractivity contribution in [2.45, 2.75) is 19.6 Å². The van der Waals surface area contributed by atoms with Crippen molar-refractivity contribution >= 4 is 5.95 Å². The fourth-order valence-electron chi connectivity index (χ4n) is 1.23. The van der Waals surface area contributed by atoms with Crippen molar-refractivity contribution in [3.05, 3.63) is 11.9 Å². The third-order valence-corrected chi connectivity index (χ3v) is 1.88. The van der Waals surface area contributed by atoms with E-state index in [1.54, 1.807) is 17.7 Å². The summed E-state index contributed by atoms with van der Waals surface area (Å²) in [6, 6.07) is 0. The van der Waals surface area contributed by atoms with E-state index in [0.29, 0.717) is 18.8 Å². The lowest BCUT2D eigenvalue weighted by atomic mass is 10.5. The zero-order chi connectivity index (χ0) is 12.2. The van der Waals surface area contributed by atoms with Gasteiger partial charge in [0.05, 0.1) is 12.3 Å². The van der Waals surface area contributed by atoms with E-state index in [9.17, 15) is 13.2 Å². The van der Waals surface area contributed by atoms with Crippen LogP contribution in [-0.2, 0) is 11.3 Å². The lowest BCUT2D eigenvalue weighted by Gasteiger charge is -2.10. The van der Waals surface area contributed by atoms with E-state index in [4.69, 9.17) is 4.74 Å². The third-order valence-electron chi connectivity index (χ3n) is 1.88. The molecule has 0 aliphatic rings. The number of alkyl halides is 3. The average Bonchev–Trinajstić information content (AvgIpc) is 2.52. The summed E-state index contributed by atoms with van der Waals surface area (Å²) in [4.78, 5) is 3.96. The van der Waals surface area contributed by atoms with Crippen LogP contribution in [0.2, 0.25) is 0 Å². The second-order valence-corrected chi connectivity index (χ2v) is 3.36. The monoisotopic (exact) mass is 237 g/mol. The highest BCUT2D eigenvalue weighted by atomic mass is 19.4. The van der Waals surface area contributed by atoms with Crippen molar-refractivity contribution in [3.63, 3.8) is 0 Å². The quantitative estimate of drug-likeness (QED) is 0.848. The molecule has 1 aromatic rings. The summed E-state index contributed by atoms with van der Waals surface area (Å²) in [6.45, 7) is 1.53. The number of nitrogens with zero attached hydrogens (tertiary/aromatic N) is 2. The van der Waals surface area contributed by atoms with Crippen LogP contribution in [0.4, 0.5) is 19.1 Å². The molecule has 1 N–H and O–H groups in total. The normalized spacial score (nSPS) is 11.8. The summed E-state index contributed by atoms with van der Waals surface area (Å²) in [5.41, 5.74) is 0.667. The molecule has 1 heterocycles. The molecule has 4 nitrogen and oxygen atoms in total. The summed E-state index contributed by atoms with van der Waals surface area (Å²) in [5, 5.41) is 2.25. The van der Waals surface area contributed by atoms with Crippen molar-refractivity contribution in [2.24, 2.45) is 0 Å². The molecule has 0 unspecified atom stereocenters. The van der Waals surface area contributed by atoms with Gasteiger partial charge in [0, 0.05) is 19.9 Å². The predicted octanol–water partition coefficient (Wildman–Crippen LogP) is 1.81. The molecule has 1 rings (SSSR count). The maximum atomic E-state index is 12.0. The highest BCUT2D eigenvalue weighted by Crippen LogP contribution is 2.16. The minimum Gasteiger partial charge on any atom is -0.383 e. The Morgan fingerprint density at radius 3 is 2.75 bits per heavy atom. The number of methoxy groups -OCH3 is 1. The van der Waals surface area contributed by atoms with E-state index < -0.39 is 12.7 Å². The largest absolute Gasteiger partial charge is 0.405 e. The number of aromatic nitrogens is 2. The smallest absolute Gasteiger partial charge is 0.383 e. The van der Waals surface area contributed by atoms with Gasteiger partial charge in [-0.2, -0.15) is 13.2 Å². The van der Waals surface area contributed by atoms with Gasteiger partial charge in [-0.3, -0.25) is 0 Å². The molecule has 0 saturated carbocycles. The van der Waals surface area contributed by atoms with Gasteiger partial charge in [-0.05, 0) is 6.92 Å². The van der Waals surface area contributed by atoms with E-state index in [2.05, 4.69) is 10.3 Å². The van der Waals surface area contributed by atoms with Crippen LogP contribution in [0, 0.1) is 6.92 Å². The van der Waals surface area contributed by atoms with Crippen molar-refractivity contribution in [1.29, 1.82) is 0 Å². The van der Waals surface area contributed by atoms with E-state index in [0.717, 1.165) is 0 Å². The molecular formula is C9H14F3N3O. The number of hydrogen-bond donors (Lipinski definition) is 1. The van der Waals surface area contributed by atoms with Crippen molar-refractivity contribution in [1.82, 2.24) is 9.55 Å². The molecule has 0 saturated heterocycles. The second kappa shape index (κ2) is 5.20. The number of halogens is 3. The number of anilines is 1. The molecule has 0 radical (unpaired) electrons. The molecule has 0 atom stereocenters. The standard InChI is InChI=1S/C9H14F3N3O/c1-7-5-15(3-4-16-2)8(14-7)13-6-9(10,11)12/h5H,3-4,6H2,1-2H3,(H,13,14). The summed E-state index contributed by atoms with van der Waals surface area (Å²) in [6.07, 6.45) is -2.57. The topological polar surface area (TPSA) is 39.1 Å². The number of hydrogen-bond acceptors (Lipinski definition) is 3. The van der Waals surface area contributed by atoms with Gasteiger partial charge in [-0.15, -0.1) is 0 Å². The first-order chi connectivity index (χ1) is 7.42. The maximum absolute atomic E-state index is 12.0. The van der Waals surface area contributed by atoms with Gasteiger partial charge in [0.15, 0.2) is 0 Å². The van der Waals surface area contributed by atoms with Crippen LogP contribution in [0.3, 0.4) is 0 Å². The minimum absolute atomic E-state index is 0.215. The summed E-state index contributed by atoms with van der Waals surface area (Å²) in [7, 11) is 1.53. The first-order valence-corrected chi connectivity index (χ1v) is 4.75. The predicted molar refractivity (Wildman–Crippen MR) is 53.4 cm³/mol. The van der Waals surface area contributed by atoms with Gasteiger partial charge < -0.3 is 14.6 Å². The van der Waals surface area contributed by atoms with E-state index in [1.165, 1.54) is 7.11 Å². The Kier molecular flexibility index (Phi) is 4.17. The zero-order valence-corrected chi connectivity index (χ0v) is 9.14. The molecule has 7 heteroatoms. The number of nitrogens with one attached hydrogen (secondary N) is 1. The van der Waals surface area contributed by atoms with Gasteiger partial charge in [0.2, 0.25) is 5.95 Å². The van der Waals surface area contributed by atoms with Gasteiger partial charge in [-0.1, -0.05) is 0 Å². The maximum Gasteiger partial charge on any atom is 0.405 e.